The molecule has 1 aromatic carbocycles. The van der Waals surface area contributed by atoms with Crippen LogP contribution in [-0.2, 0) is 0 Å². The summed E-state index contributed by atoms with van der Waals surface area (Å²) in [4.78, 5) is 10.1. The number of nitrogens with zero attached hydrogens (tertiary/aromatic N) is 1. The summed E-state index contributed by atoms with van der Waals surface area (Å²) in [6, 6.07) is 3.20. The van der Waals surface area contributed by atoms with Crippen LogP contribution in [0.5, 0.6) is 0 Å². The number of halogens is 2. The van der Waals surface area contributed by atoms with Gasteiger partial charge in [-0.1, -0.05) is 0 Å². The highest BCUT2D eigenvalue weighted by Gasteiger charge is 2.15. The van der Waals surface area contributed by atoms with Gasteiger partial charge in [0.2, 0.25) is 0 Å². The number of nitriles is 1. The molecular weight excluding hydrogens is 194 g/mol. The van der Waals surface area contributed by atoms with Crippen LogP contribution in [0.1, 0.15) is 5.56 Å². The van der Waals surface area contributed by atoms with Gasteiger partial charge < -0.3 is 5.11 Å². The van der Waals surface area contributed by atoms with Gasteiger partial charge in [0.15, 0.2) is 5.82 Å². The molecule has 1 rings (SSSR count). The van der Waals surface area contributed by atoms with Crippen LogP contribution in [-0.4, -0.2) is 11.2 Å². The number of hydrogen-bond donors (Lipinski definition) is 2. The van der Waals surface area contributed by atoms with Crippen molar-refractivity contribution in [2.75, 3.05) is 5.32 Å². The molecule has 0 aromatic heterocycles. The van der Waals surface area contributed by atoms with Crippen LogP contribution in [0, 0.1) is 23.0 Å². The highest BCUT2D eigenvalue weighted by atomic mass is 19.1. The second kappa shape index (κ2) is 3.70. The third-order valence-corrected chi connectivity index (χ3v) is 1.44. The number of nitrogens with one attached hydrogen (secondary N) is 1. The summed E-state index contributed by atoms with van der Waals surface area (Å²) in [5.41, 5.74) is -1.26. The molecule has 14 heavy (non-hydrogen) atoms. The molecule has 0 saturated heterocycles. The summed E-state index contributed by atoms with van der Waals surface area (Å²) in [5.74, 6) is -2.28. The van der Waals surface area contributed by atoms with Crippen LogP contribution in [0.3, 0.4) is 0 Å². The zero-order valence-electron chi connectivity index (χ0n) is 6.71. The molecule has 0 atom stereocenters. The Hall–Kier alpha value is -2.16. The van der Waals surface area contributed by atoms with Crippen molar-refractivity contribution >= 4 is 11.8 Å². The number of carbonyl (C=O) groups is 1. The predicted octanol–water partition coefficient (Wildman–Crippen LogP) is 1.93. The molecule has 0 spiro atoms. The lowest BCUT2D eigenvalue weighted by Gasteiger charge is -2.04. The molecule has 0 heterocycles. The quantitative estimate of drug-likeness (QED) is 0.723. The fourth-order valence-electron chi connectivity index (χ4n) is 0.860. The SMILES string of the molecule is N#Cc1ccc(F)c(NC(=O)O)c1F. The molecule has 0 aliphatic rings. The average Bonchev–Trinajstić information content (AvgIpc) is 2.12. The van der Waals surface area contributed by atoms with Crippen molar-refractivity contribution in [3.8, 4) is 6.07 Å². The fourth-order valence-corrected chi connectivity index (χ4v) is 0.860. The van der Waals surface area contributed by atoms with Gasteiger partial charge in [0, 0.05) is 0 Å². The highest BCUT2D eigenvalue weighted by molar-refractivity contribution is 5.83. The standard InChI is InChI=1S/C8H4F2N2O2/c9-5-2-1-4(3-11)6(10)7(5)12-8(13)14/h1-2,12H,(H,13,14). The van der Waals surface area contributed by atoms with E-state index >= 15 is 0 Å². The summed E-state index contributed by atoms with van der Waals surface area (Å²) in [7, 11) is 0. The lowest BCUT2D eigenvalue weighted by molar-refractivity contribution is 0.209. The average molecular weight is 198 g/mol. The van der Waals surface area contributed by atoms with Gasteiger partial charge in [-0.25, -0.2) is 13.6 Å². The smallest absolute Gasteiger partial charge is 0.409 e. The van der Waals surface area contributed by atoms with Crippen LogP contribution >= 0.6 is 0 Å². The van der Waals surface area contributed by atoms with E-state index in [1.165, 1.54) is 11.4 Å². The number of carboxylic acid groups (broad SMARTS) is 1. The summed E-state index contributed by atoms with van der Waals surface area (Å²) in [6.07, 6.45) is -1.60. The second-order valence-electron chi connectivity index (χ2n) is 2.33. The topological polar surface area (TPSA) is 73.1 Å². The van der Waals surface area contributed by atoms with Gasteiger partial charge in [-0.05, 0) is 12.1 Å². The maximum Gasteiger partial charge on any atom is 0.409 e. The molecule has 0 aliphatic heterocycles. The van der Waals surface area contributed by atoms with Crippen LogP contribution in [0.2, 0.25) is 0 Å². The molecule has 2 N–H and O–H groups in total. The zero-order valence-corrected chi connectivity index (χ0v) is 6.71. The monoisotopic (exact) mass is 198 g/mol. The van der Waals surface area contributed by atoms with Gasteiger partial charge in [0.1, 0.15) is 17.6 Å². The molecule has 0 unspecified atom stereocenters. The molecule has 0 saturated carbocycles. The first-order valence-corrected chi connectivity index (χ1v) is 3.44. The molecule has 0 radical (unpaired) electrons. The maximum atomic E-state index is 13.1. The van der Waals surface area contributed by atoms with Gasteiger partial charge in [-0.3, -0.25) is 5.32 Å². The van der Waals surface area contributed by atoms with Gasteiger partial charge in [-0.2, -0.15) is 5.26 Å². The first kappa shape index (κ1) is 9.92. The Kier molecular flexibility index (Phi) is 2.62. The van der Waals surface area contributed by atoms with Crippen LogP contribution in [0.15, 0.2) is 12.1 Å². The largest absolute Gasteiger partial charge is 0.465 e. The minimum absolute atomic E-state index is 0.421. The maximum absolute atomic E-state index is 13.1. The number of benzene rings is 1. The Labute approximate surface area is 77.4 Å². The van der Waals surface area contributed by atoms with E-state index in [9.17, 15) is 13.6 Å². The molecule has 72 valence electrons. The van der Waals surface area contributed by atoms with Crippen LogP contribution in [0.4, 0.5) is 19.3 Å². The van der Waals surface area contributed by atoms with E-state index in [0.29, 0.717) is 0 Å². The van der Waals surface area contributed by atoms with Crippen molar-refractivity contribution in [3.05, 3.63) is 29.3 Å². The fraction of sp³-hybridized carbons (Fsp3) is 0. The minimum Gasteiger partial charge on any atom is -0.465 e. The summed E-state index contributed by atoms with van der Waals surface area (Å²) in [5, 5.41) is 18.2. The van der Waals surface area contributed by atoms with Gasteiger partial charge in [0.05, 0.1) is 5.56 Å². The van der Waals surface area contributed by atoms with Crippen LogP contribution in [0.25, 0.3) is 0 Å². The molecule has 1 amide bonds. The lowest BCUT2D eigenvalue weighted by atomic mass is 10.2. The van der Waals surface area contributed by atoms with E-state index in [-0.39, 0.29) is 0 Å². The third-order valence-electron chi connectivity index (χ3n) is 1.44. The van der Waals surface area contributed by atoms with Gasteiger partial charge in [0.25, 0.3) is 0 Å². The Bertz CT molecular complexity index is 426. The van der Waals surface area contributed by atoms with Crippen molar-refractivity contribution in [2.24, 2.45) is 0 Å². The number of anilines is 1. The molecular formula is C8H4F2N2O2. The van der Waals surface area contributed by atoms with Crippen LogP contribution < -0.4 is 5.32 Å². The van der Waals surface area contributed by atoms with Crippen molar-refractivity contribution in [1.29, 1.82) is 5.26 Å². The first-order chi connectivity index (χ1) is 6.56. The number of hydrogen-bond acceptors (Lipinski definition) is 2. The summed E-state index contributed by atoms with van der Waals surface area (Å²) < 4.78 is 26.0. The lowest BCUT2D eigenvalue weighted by Crippen LogP contribution is -2.11. The van der Waals surface area contributed by atoms with E-state index in [4.69, 9.17) is 10.4 Å². The molecule has 0 fully saturated rings. The Morgan fingerprint density at radius 3 is 2.64 bits per heavy atom. The van der Waals surface area contributed by atoms with Gasteiger partial charge in [-0.15, -0.1) is 0 Å². The zero-order chi connectivity index (χ0) is 10.7. The van der Waals surface area contributed by atoms with E-state index in [2.05, 4.69) is 0 Å². The number of rotatable bonds is 1. The molecule has 0 bridgehead atoms. The Balaban J connectivity index is 3.27. The normalized spacial score (nSPS) is 9.21. The van der Waals surface area contributed by atoms with Crippen molar-refractivity contribution in [1.82, 2.24) is 0 Å². The van der Waals surface area contributed by atoms with Crippen molar-refractivity contribution < 1.29 is 18.7 Å². The van der Waals surface area contributed by atoms with Gasteiger partial charge >= 0.3 is 6.09 Å². The Morgan fingerprint density at radius 1 is 1.50 bits per heavy atom. The van der Waals surface area contributed by atoms with E-state index < -0.39 is 29.0 Å². The summed E-state index contributed by atoms with van der Waals surface area (Å²) in [6.45, 7) is 0. The molecule has 6 heteroatoms. The number of amides is 1. The van der Waals surface area contributed by atoms with E-state index in [0.717, 1.165) is 12.1 Å². The predicted molar refractivity (Wildman–Crippen MR) is 42.7 cm³/mol. The first-order valence-electron chi connectivity index (χ1n) is 3.44. The molecule has 4 nitrogen and oxygen atoms in total. The van der Waals surface area contributed by atoms with Crippen molar-refractivity contribution in [2.45, 2.75) is 0 Å². The van der Waals surface area contributed by atoms with E-state index in [1.54, 1.807) is 0 Å². The minimum atomic E-state index is -1.60. The molecule has 1 aromatic rings. The highest BCUT2D eigenvalue weighted by Crippen LogP contribution is 2.21. The summed E-state index contributed by atoms with van der Waals surface area (Å²) >= 11 is 0. The third kappa shape index (κ3) is 1.77. The second-order valence-corrected chi connectivity index (χ2v) is 2.33. The van der Waals surface area contributed by atoms with E-state index in [1.807, 2.05) is 0 Å². The molecule has 0 aliphatic carbocycles. The van der Waals surface area contributed by atoms with Crippen molar-refractivity contribution in [3.63, 3.8) is 0 Å². The Morgan fingerprint density at radius 2 is 2.14 bits per heavy atom.